The number of sulfonamides is 1. The third kappa shape index (κ3) is 2.90. The van der Waals surface area contributed by atoms with Crippen LogP contribution >= 0.6 is 0 Å². The Bertz CT molecular complexity index is 1000. The summed E-state index contributed by atoms with van der Waals surface area (Å²) >= 11 is 0. The monoisotopic (exact) mass is 330 g/mol. The number of hydrogen-bond acceptors (Lipinski definition) is 3. The van der Waals surface area contributed by atoms with Crippen LogP contribution in [0.15, 0.2) is 53.6 Å². The molecule has 23 heavy (non-hydrogen) atoms. The number of nitrogens with one attached hydrogen (secondary N) is 1. The van der Waals surface area contributed by atoms with E-state index in [1.807, 2.05) is 31.2 Å². The van der Waals surface area contributed by atoms with Crippen molar-refractivity contribution in [1.29, 1.82) is 0 Å². The maximum Gasteiger partial charge on any atom is 0.262 e. The van der Waals surface area contributed by atoms with E-state index < -0.39 is 15.8 Å². The molecule has 0 spiro atoms. The molecule has 0 fully saturated rings. The van der Waals surface area contributed by atoms with Gasteiger partial charge in [0.25, 0.3) is 10.0 Å². The largest absolute Gasteiger partial charge is 0.278 e. The van der Waals surface area contributed by atoms with Crippen molar-refractivity contribution in [2.24, 2.45) is 0 Å². The second-order valence-electron chi connectivity index (χ2n) is 5.33. The topological polar surface area (TPSA) is 59.1 Å². The van der Waals surface area contributed by atoms with Crippen LogP contribution in [0.25, 0.3) is 10.9 Å². The number of rotatable bonds is 3. The number of para-hydroxylation sites is 1. The lowest BCUT2D eigenvalue weighted by atomic mass is 10.1. The minimum Gasteiger partial charge on any atom is -0.278 e. The first-order chi connectivity index (χ1) is 10.9. The summed E-state index contributed by atoms with van der Waals surface area (Å²) in [5, 5.41) is 0.865. The molecule has 1 N–H and O–H groups in total. The molecule has 118 valence electrons. The second-order valence-corrected chi connectivity index (χ2v) is 6.98. The molecule has 0 unspecified atom stereocenters. The molecule has 0 aliphatic carbocycles. The van der Waals surface area contributed by atoms with E-state index in [9.17, 15) is 12.8 Å². The summed E-state index contributed by atoms with van der Waals surface area (Å²) < 4.78 is 41.0. The van der Waals surface area contributed by atoms with Crippen molar-refractivity contribution in [3.63, 3.8) is 0 Å². The van der Waals surface area contributed by atoms with Crippen LogP contribution in [0.3, 0.4) is 0 Å². The molecule has 4 nitrogen and oxygen atoms in total. The van der Waals surface area contributed by atoms with Gasteiger partial charge in [-0.2, -0.15) is 0 Å². The third-order valence-electron chi connectivity index (χ3n) is 3.73. The summed E-state index contributed by atoms with van der Waals surface area (Å²) in [4.78, 5) is 4.18. The van der Waals surface area contributed by atoms with E-state index in [0.29, 0.717) is 11.3 Å². The van der Waals surface area contributed by atoms with Gasteiger partial charge in [-0.15, -0.1) is 0 Å². The molecule has 0 saturated carbocycles. The summed E-state index contributed by atoms with van der Waals surface area (Å²) in [6.45, 7) is 3.44. The van der Waals surface area contributed by atoms with Gasteiger partial charge in [0, 0.05) is 5.39 Å². The number of nitrogens with zero attached hydrogens (tertiary/aromatic N) is 1. The zero-order chi connectivity index (χ0) is 16.6. The number of aromatic nitrogens is 1. The molecule has 0 aliphatic rings. The quantitative estimate of drug-likeness (QED) is 0.795. The fourth-order valence-corrected chi connectivity index (χ4v) is 3.81. The lowest BCUT2D eigenvalue weighted by Crippen LogP contribution is -2.15. The molecule has 0 saturated heterocycles. The normalized spacial score (nSPS) is 11.6. The fourth-order valence-electron chi connectivity index (χ4n) is 2.45. The maximum atomic E-state index is 13.4. The van der Waals surface area contributed by atoms with E-state index in [1.165, 1.54) is 18.3 Å². The number of aryl methyl sites for hydroxylation is 2. The molecule has 3 rings (SSSR count). The number of anilines is 1. The van der Waals surface area contributed by atoms with E-state index in [0.717, 1.165) is 22.5 Å². The fraction of sp³-hybridized carbons (Fsp3) is 0.118. The number of benzene rings is 2. The molecule has 0 bridgehead atoms. The Balaban J connectivity index is 2.07. The Morgan fingerprint density at radius 3 is 2.61 bits per heavy atom. The third-order valence-corrected chi connectivity index (χ3v) is 5.24. The van der Waals surface area contributed by atoms with Crippen molar-refractivity contribution in [3.05, 3.63) is 65.6 Å². The average molecular weight is 330 g/mol. The Morgan fingerprint density at radius 1 is 1.09 bits per heavy atom. The number of halogens is 1. The van der Waals surface area contributed by atoms with Crippen LogP contribution in [-0.2, 0) is 10.0 Å². The Kier molecular flexibility index (Phi) is 3.77. The van der Waals surface area contributed by atoms with Gasteiger partial charge < -0.3 is 0 Å². The predicted molar refractivity (Wildman–Crippen MR) is 88.4 cm³/mol. The van der Waals surface area contributed by atoms with Gasteiger partial charge in [-0.1, -0.05) is 24.3 Å². The van der Waals surface area contributed by atoms with Gasteiger partial charge in [0.2, 0.25) is 0 Å². The van der Waals surface area contributed by atoms with Crippen molar-refractivity contribution in [1.82, 2.24) is 4.98 Å². The minimum atomic E-state index is -3.89. The molecule has 0 aliphatic heterocycles. The highest BCUT2D eigenvalue weighted by Crippen LogP contribution is 2.26. The summed E-state index contributed by atoms with van der Waals surface area (Å²) in [6.07, 6.45) is 1.48. The van der Waals surface area contributed by atoms with Crippen molar-refractivity contribution in [3.8, 4) is 0 Å². The van der Waals surface area contributed by atoms with Gasteiger partial charge in [0.15, 0.2) is 0 Å². The summed E-state index contributed by atoms with van der Waals surface area (Å²) in [5.41, 5.74) is 2.42. The van der Waals surface area contributed by atoms with E-state index in [2.05, 4.69) is 9.71 Å². The van der Waals surface area contributed by atoms with Crippen molar-refractivity contribution in [2.75, 3.05) is 4.72 Å². The van der Waals surface area contributed by atoms with Gasteiger partial charge in [-0.05, 0) is 43.2 Å². The van der Waals surface area contributed by atoms with Crippen LogP contribution in [-0.4, -0.2) is 13.4 Å². The molecule has 0 radical (unpaired) electrons. The molecular formula is C17H15FN2O2S. The second kappa shape index (κ2) is 5.62. The highest BCUT2D eigenvalue weighted by atomic mass is 32.2. The SMILES string of the molecule is Cc1ccc(F)cc1S(=O)(=O)Nc1cnc2ccccc2c1C. The number of fused-ring (bicyclic) bond motifs is 1. The van der Waals surface area contributed by atoms with Gasteiger partial charge in [0.05, 0.1) is 22.3 Å². The zero-order valence-electron chi connectivity index (χ0n) is 12.7. The molecule has 2 aromatic carbocycles. The van der Waals surface area contributed by atoms with E-state index >= 15 is 0 Å². The Hall–Kier alpha value is -2.47. The highest BCUT2D eigenvalue weighted by molar-refractivity contribution is 7.92. The van der Waals surface area contributed by atoms with Crippen molar-refractivity contribution in [2.45, 2.75) is 18.7 Å². The van der Waals surface area contributed by atoms with Crippen LogP contribution in [0.5, 0.6) is 0 Å². The maximum absolute atomic E-state index is 13.4. The number of pyridine rings is 1. The Labute approximate surface area is 134 Å². The molecule has 6 heteroatoms. The average Bonchev–Trinajstić information content (AvgIpc) is 2.52. The van der Waals surface area contributed by atoms with E-state index in [4.69, 9.17) is 0 Å². The predicted octanol–water partition coefficient (Wildman–Crippen LogP) is 3.79. The lowest BCUT2D eigenvalue weighted by molar-refractivity contribution is 0.594. The number of hydrogen-bond donors (Lipinski definition) is 1. The van der Waals surface area contributed by atoms with E-state index in [1.54, 1.807) is 6.92 Å². The van der Waals surface area contributed by atoms with Gasteiger partial charge >= 0.3 is 0 Å². The highest BCUT2D eigenvalue weighted by Gasteiger charge is 2.19. The first kappa shape index (κ1) is 15.4. The first-order valence-electron chi connectivity index (χ1n) is 7.02. The van der Waals surface area contributed by atoms with Crippen LogP contribution in [0.1, 0.15) is 11.1 Å². The van der Waals surface area contributed by atoms with Crippen molar-refractivity contribution < 1.29 is 12.8 Å². The summed E-state index contributed by atoms with van der Waals surface area (Å²) in [6, 6.07) is 11.2. The molecular weight excluding hydrogens is 315 g/mol. The standard InChI is InChI=1S/C17H15FN2O2S/c1-11-7-8-13(18)9-17(11)23(21,22)20-16-10-19-15-6-4-3-5-14(15)12(16)2/h3-10,20H,1-2H3. The molecule has 1 aromatic heterocycles. The Morgan fingerprint density at radius 2 is 1.83 bits per heavy atom. The van der Waals surface area contributed by atoms with E-state index in [-0.39, 0.29) is 4.90 Å². The van der Waals surface area contributed by atoms with Gasteiger partial charge in [-0.3, -0.25) is 9.71 Å². The smallest absolute Gasteiger partial charge is 0.262 e. The van der Waals surface area contributed by atoms with Crippen LogP contribution in [0, 0.1) is 19.7 Å². The van der Waals surface area contributed by atoms with Crippen LogP contribution < -0.4 is 4.72 Å². The molecule has 0 amide bonds. The molecule has 1 heterocycles. The van der Waals surface area contributed by atoms with Crippen molar-refractivity contribution >= 4 is 26.6 Å². The minimum absolute atomic E-state index is 0.0786. The van der Waals surface area contributed by atoms with Gasteiger partial charge in [0.1, 0.15) is 5.82 Å². The zero-order valence-corrected chi connectivity index (χ0v) is 13.5. The molecule has 0 atom stereocenters. The summed E-state index contributed by atoms with van der Waals surface area (Å²) in [5.74, 6) is -0.593. The molecule has 3 aromatic rings. The first-order valence-corrected chi connectivity index (χ1v) is 8.50. The van der Waals surface area contributed by atoms with Gasteiger partial charge in [-0.25, -0.2) is 12.8 Å². The lowest BCUT2D eigenvalue weighted by Gasteiger charge is -2.13. The summed E-state index contributed by atoms with van der Waals surface area (Å²) in [7, 11) is -3.89. The van der Waals surface area contributed by atoms with Crippen LogP contribution in [0.2, 0.25) is 0 Å². The van der Waals surface area contributed by atoms with Crippen LogP contribution in [0.4, 0.5) is 10.1 Å².